The van der Waals surface area contributed by atoms with E-state index in [0.29, 0.717) is 12.6 Å². The Bertz CT molecular complexity index is 365. The lowest BCUT2D eigenvalue weighted by molar-refractivity contribution is -0.139. The highest BCUT2D eigenvalue weighted by Crippen LogP contribution is 2.22. The Kier molecular flexibility index (Phi) is 6.03. The zero-order chi connectivity index (χ0) is 15.2. The standard InChI is InChI=1S/C16H28N2O3/c1-2-14-5-3-4-8-18(14)15(19)12-17-9-6-13(7-10-17)11-16(20)21/h13-14H,2-12H2,1H3,(H,20,21). The van der Waals surface area contributed by atoms with Crippen LogP contribution in [-0.4, -0.2) is 59.0 Å². The molecule has 2 saturated heterocycles. The van der Waals surface area contributed by atoms with Crippen molar-refractivity contribution in [3.05, 3.63) is 0 Å². The van der Waals surface area contributed by atoms with Crippen molar-refractivity contribution in [3.63, 3.8) is 0 Å². The lowest BCUT2D eigenvalue weighted by atomic mass is 9.93. The van der Waals surface area contributed by atoms with E-state index >= 15 is 0 Å². The normalized spacial score (nSPS) is 25.0. The van der Waals surface area contributed by atoms with Crippen LogP contribution in [-0.2, 0) is 9.59 Å². The van der Waals surface area contributed by atoms with E-state index < -0.39 is 5.97 Å². The molecule has 1 unspecified atom stereocenters. The largest absolute Gasteiger partial charge is 0.481 e. The average Bonchev–Trinajstić information content (AvgIpc) is 2.48. The summed E-state index contributed by atoms with van der Waals surface area (Å²) in [4.78, 5) is 27.5. The summed E-state index contributed by atoms with van der Waals surface area (Å²) in [7, 11) is 0. The molecule has 0 aromatic rings. The monoisotopic (exact) mass is 296 g/mol. The zero-order valence-electron chi connectivity index (χ0n) is 13.1. The number of carboxylic acid groups (broad SMARTS) is 1. The van der Waals surface area contributed by atoms with Crippen LogP contribution in [0, 0.1) is 5.92 Å². The quantitative estimate of drug-likeness (QED) is 0.842. The third kappa shape index (κ3) is 4.70. The Hall–Kier alpha value is -1.10. The van der Waals surface area contributed by atoms with Gasteiger partial charge in [-0.15, -0.1) is 0 Å². The third-order valence-electron chi connectivity index (χ3n) is 4.95. The molecular weight excluding hydrogens is 268 g/mol. The fourth-order valence-electron chi connectivity index (χ4n) is 3.63. The predicted molar refractivity (Wildman–Crippen MR) is 81.1 cm³/mol. The predicted octanol–water partition coefficient (Wildman–Crippen LogP) is 1.96. The Morgan fingerprint density at radius 1 is 1.10 bits per heavy atom. The van der Waals surface area contributed by atoms with Gasteiger partial charge in [0.25, 0.3) is 0 Å². The molecule has 0 aromatic carbocycles. The molecule has 0 saturated carbocycles. The van der Waals surface area contributed by atoms with Crippen LogP contribution < -0.4 is 0 Å². The Morgan fingerprint density at radius 3 is 2.43 bits per heavy atom. The number of carbonyl (C=O) groups is 2. The smallest absolute Gasteiger partial charge is 0.303 e. The van der Waals surface area contributed by atoms with Crippen molar-refractivity contribution in [2.45, 2.75) is 57.9 Å². The first-order valence-corrected chi connectivity index (χ1v) is 8.33. The number of hydrogen-bond acceptors (Lipinski definition) is 3. The van der Waals surface area contributed by atoms with Gasteiger partial charge in [0.15, 0.2) is 0 Å². The minimum Gasteiger partial charge on any atom is -0.481 e. The number of likely N-dealkylation sites (tertiary alicyclic amines) is 2. The molecule has 0 bridgehead atoms. The van der Waals surface area contributed by atoms with Gasteiger partial charge in [0, 0.05) is 19.0 Å². The third-order valence-corrected chi connectivity index (χ3v) is 4.95. The van der Waals surface area contributed by atoms with Gasteiger partial charge in [0.05, 0.1) is 6.54 Å². The molecule has 2 heterocycles. The molecule has 5 heteroatoms. The molecule has 2 aliphatic heterocycles. The molecular formula is C16H28N2O3. The van der Waals surface area contributed by atoms with Crippen LogP contribution in [0.1, 0.15) is 51.9 Å². The van der Waals surface area contributed by atoms with Crippen molar-refractivity contribution in [3.8, 4) is 0 Å². The van der Waals surface area contributed by atoms with Crippen LogP contribution in [0.4, 0.5) is 0 Å². The summed E-state index contributed by atoms with van der Waals surface area (Å²) >= 11 is 0. The van der Waals surface area contributed by atoms with E-state index in [2.05, 4.69) is 16.7 Å². The van der Waals surface area contributed by atoms with Crippen molar-refractivity contribution < 1.29 is 14.7 Å². The summed E-state index contributed by atoms with van der Waals surface area (Å²) < 4.78 is 0. The van der Waals surface area contributed by atoms with E-state index in [1.807, 2.05) is 0 Å². The van der Waals surface area contributed by atoms with E-state index in [4.69, 9.17) is 5.11 Å². The summed E-state index contributed by atoms with van der Waals surface area (Å²) in [6.45, 7) is 5.29. The zero-order valence-corrected chi connectivity index (χ0v) is 13.1. The van der Waals surface area contributed by atoms with Gasteiger partial charge in [-0.05, 0) is 57.5 Å². The number of nitrogens with zero attached hydrogens (tertiary/aromatic N) is 2. The second kappa shape index (κ2) is 7.78. The van der Waals surface area contributed by atoms with Gasteiger partial charge in [-0.3, -0.25) is 14.5 Å². The Morgan fingerprint density at radius 2 is 1.81 bits per heavy atom. The van der Waals surface area contributed by atoms with Crippen LogP contribution in [0.3, 0.4) is 0 Å². The molecule has 1 N–H and O–H groups in total. The minimum atomic E-state index is -0.705. The van der Waals surface area contributed by atoms with Crippen LogP contribution in [0.25, 0.3) is 0 Å². The lowest BCUT2D eigenvalue weighted by Gasteiger charge is -2.38. The SMILES string of the molecule is CCC1CCCCN1C(=O)CN1CCC(CC(=O)O)CC1. The van der Waals surface area contributed by atoms with Gasteiger partial charge >= 0.3 is 5.97 Å². The summed E-state index contributed by atoms with van der Waals surface area (Å²) in [5.41, 5.74) is 0. The molecule has 2 fully saturated rings. The van der Waals surface area contributed by atoms with E-state index in [-0.39, 0.29) is 18.2 Å². The molecule has 5 nitrogen and oxygen atoms in total. The van der Waals surface area contributed by atoms with Gasteiger partial charge in [-0.1, -0.05) is 6.92 Å². The summed E-state index contributed by atoms with van der Waals surface area (Å²) in [5.74, 6) is -0.158. The maximum absolute atomic E-state index is 12.5. The first-order chi connectivity index (χ1) is 10.1. The van der Waals surface area contributed by atoms with Gasteiger partial charge in [-0.2, -0.15) is 0 Å². The van der Waals surface area contributed by atoms with Crippen LogP contribution in [0.5, 0.6) is 0 Å². The lowest BCUT2D eigenvalue weighted by Crippen LogP contribution is -2.49. The molecule has 2 rings (SSSR count). The molecule has 1 amide bonds. The second-order valence-electron chi connectivity index (χ2n) is 6.46. The topological polar surface area (TPSA) is 60.9 Å². The van der Waals surface area contributed by atoms with Crippen molar-refractivity contribution in [2.24, 2.45) is 5.92 Å². The summed E-state index contributed by atoms with van der Waals surface area (Å²) in [6, 6.07) is 0.427. The molecule has 0 aliphatic carbocycles. The van der Waals surface area contributed by atoms with Crippen molar-refractivity contribution in [2.75, 3.05) is 26.2 Å². The number of carbonyl (C=O) groups excluding carboxylic acids is 1. The molecule has 0 radical (unpaired) electrons. The van der Waals surface area contributed by atoms with Gasteiger partial charge < -0.3 is 10.0 Å². The number of hydrogen-bond donors (Lipinski definition) is 1. The molecule has 1 atom stereocenters. The van der Waals surface area contributed by atoms with Crippen molar-refractivity contribution in [1.82, 2.24) is 9.80 Å². The van der Waals surface area contributed by atoms with E-state index in [1.54, 1.807) is 0 Å². The number of aliphatic carboxylic acids is 1. The maximum atomic E-state index is 12.5. The van der Waals surface area contributed by atoms with Crippen LogP contribution in [0.2, 0.25) is 0 Å². The number of carboxylic acids is 1. The molecule has 0 spiro atoms. The minimum absolute atomic E-state index is 0.262. The van der Waals surface area contributed by atoms with Crippen molar-refractivity contribution in [1.29, 1.82) is 0 Å². The highest BCUT2D eigenvalue weighted by molar-refractivity contribution is 5.78. The van der Waals surface area contributed by atoms with Crippen molar-refractivity contribution >= 4 is 11.9 Å². The van der Waals surface area contributed by atoms with Gasteiger partial charge in [0.1, 0.15) is 0 Å². The van der Waals surface area contributed by atoms with Gasteiger partial charge in [0.2, 0.25) is 5.91 Å². The van der Waals surface area contributed by atoms with Gasteiger partial charge in [-0.25, -0.2) is 0 Å². The Labute approximate surface area is 127 Å². The first kappa shape index (κ1) is 16.3. The fraction of sp³-hybridized carbons (Fsp3) is 0.875. The van der Waals surface area contributed by atoms with E-state index in [0.717, 1.165) is 51.7 Å². The Balaban J connectivity index is 1.77. The molecule has 0 aromatic heterocycles. The summed E-state index contributed by atoms with van der Waals surface area (Å²) in [6.07, 6.45) is 6.63. The highest BCUT2D eigenvalue weighted by atomic mass is 16.4. The van der Waals surface area contributed by atoms with E-state index in [1.165, 1.54) is 6.42 Å². The number of rotatable bonds is 5. The summed E-state index contributed by atoms with van der Waals surface area (Å²) in [5, 5.41) is 8.83. The first-order valence-electron chi connectivity index (χ1n) is 8.33. The average molecular weight is 296 g/mol. The molecule has 2 aliphatic rings. The highest BCUT2D eigenvalue weighted by Gasteiger charge is 2.28. The maximum Gasteiger partial charge on any atom is 0.303 e. The van der Waals surface area contributed by atoms with E-state index in [9.17, 15) is 9.59 Å². The fourth-order valence-corrected chi connectivity index (χ4v) is 3.63. The molecule has 21 heavy (non-hydrogen) atoms. The van der Waals surface area contributed by atoms with Crippen LogP contribution >= 0.6 is 0 Å². The number of piperidine rings is 2. The van der Waals surface area contributed by atoms with Crippen LogP contribution in [0.15, 0.2) is 0 Å². The number of amides is 1. The molecule has 120 valence electrons. The second-order valence-corrected chi connectivity index (χ2v) is 6.46.